The molecule has 0 saturated carbocycles. The van der Waals surface area contributed by atoms with Crippen molar-refractivity contribution in [2.45, 2.75) is 20.3 Å². The molecule has 4 heteroatoms. The van der Waals surface area contributed by atoms with Crippen molar-refractivity contribution >= 4 is 11.4 Å². The Hall–Kier alpha value is -1.29. The van der Waals surface area contributed by atoms with Crippen LogP contribution in [0.25, 0.3) is 0 Å². The summed E-state index contributed by atoms with van der Waals surface area (Å²) in [4.78, 5) is 0. The molecule has 0 spiro atoms. The lowest BCUT2D eigenvalue weighted by molar-refractivity contribution is 0.617. The van der Waals surface area contributed by atoms with Crippen molar-refractivity contribution in [1.29, 1.82) is 0 Å². The van der Waals surface area contributed by atoms with Gasteiger partial charge in [0.05, 0.1) is 11.4 Å². The van der Waals surface area contributed by atoms with E-state index in [2.05, 4.69) is 0 Å². The van der Waals surface area contributed by atoms with Gasteiger partial charge in [-0.25, -0.2) is 10.2 Å². The minimum absolute atomic E-state index is 0.277. The SMILES string of the molecule is CCCN(N)c1cc(F)c(C)cc1N. The molecule has 0 aromatic heterocycles. The lowest BCUT2D eigenvalue weighted by Gasteiger charge is -2.20. The summed E-state index contributed by atoms with van der Waals surface area (Å²) in [6, 6.07) is 2.97. The van der Waals surface area contributed by atoms with Gasteiger partial charge in [0.1, 0.15) is 5.82 Å². The van der Waals surface area contributed by atoms with Crippen LogP contribution in [0.5, 0.6) is 0 Å². The van der Waals surface area contributed by atoms with Gasteiger partial charge in [0.25, 0.3) is 0 Å². The monoisotopic (exact) mass is 197 g/mol. The molecule has 0 saturated heterocycles. The van der Waals surface area contributed by atoms with Gasteiger partial charge in [0.2, 0.25) is 0 Å². The highest BCUT2D eigenvalue weighted by Gasteiger charge is 2.08. The second-order valence-corrected chi connectivity index (χ2v) is 3.35. The molecule has 1 aromatic rings. The topological polar surface area (TPSA) is 55.3 Å². The molecule has 0 unspecified atom stereocenters. The molecule has 4 N–H and O–H groups in total. The summed E-state index contributed by atoms with van der Waals surface area (Å²) in [6.07, 6.45) is 0.894. The van der Waals surface area contributed by atoms with Gasteiger partial charge in [-0.3, -0.25) is 0 Å². The molecule has 0 atom stereocenters. The zero-order valence-corrected chi connectivity index (χ0v) is 8.55. The maximum absolute atomic E-state index is 13.2. The van der Waals surface area contributed by atoms with E-state index in [9.17, 15) is 4.39 Å². The molecule has 78 valence electrons. The maximum Gasteiger partial charge on any atom is 0.128 e. The number of anilines is 2. The molecule has 0 radical (unpaired) electrons. The van der Waals surface area contributed by atoms with Crippen molar-refractivity contribution < 1.29 is 4.39 Å². The average molecular weight is 197 g/mol. The first-order valence-corrected chi connectivity index (χ1v) is 4.64. The van der Waals surface area contributed by atoms with Gasteiger partial charge >= 0.3 is 0 Å². The molecule has 14 heavy (non-hydrogen) atoms. The third kappa shape index (κ3) is 2.14. The van der Waals surface area contributed by atoms with Crippen LogP contribution in [0.15, 0.2) is 12.1 Å². The number of benzene rings is 1. The first kappa shape index (κ1) is 10.8. The van der Waals surface area contributed by atoms with Gasteiger partial charge in [-0.15, -0.1) is 0 Å². The molecule has 0 bridgehead atoms. The normalized spacial score (nSPS) is 10.3. The second-order valence-electron chi connectivity index (χ2n) is 3.35. The standard InChI is InChI=1S/C10H16FN3/c1-3-4-14(13)10-6-8(11)7(2)5-9(10)12/h5-6H,3-4,12-13H2,1-2H3. The summed E-state index contributed by atoms with van der Waals surface area (Å²) in [6.45, 7) is 4.34. The number of aryl methyl sites for hydroxylation is 1. The maximum atomic E-state index is 13.2. The van der Waals surface area contributed by atoms with E-state index in [4.69, 9.17) is 11.6 Å². The highest BCUT2D eigenvalue weighted by Crippen LogP contribution is 2.24. The molecular weight excluding hydrogens is 181 g/mol. The highest BCUT2D eigenvalue weighted by molar-refractivity contribution is 5.67. The number of hydrazine groups is 1. The number of nitrogens with two attached hydrogens (primary N) is 2. The smallest absolute Gasteiger partial charge is 0.128 e. The Morgan fingerprint density at radius 2 is 2.07 bits per heavy atom. The molecular formula is C10H16FN3. The first-order valence-electron chi connectivity index (χ1n) is 4.64. The fourth-order valence-electron chi connectivity index (χ4n) is 1.30. The molecule has 0 fully saturated rings. The van der Waals surface area contributed by atoms with Gasteiger partial charge in [-0.05, 0) is 25.0 Å². The van der Waals surface area contributed by atoms with Crippen molar-refractivity contribution in [3.05, 3.63) is 23.5 Å². The highest BCUT2D eigenvalue weighted by atomic mass is 19.1. The fraction of sp³-hybridized carbons (Fsp3) is 0.400. The molecule has 0 heterocycles. The van der Waals surface area contributed by atoms with Crippen LogP contribution in [-0.4, -0.2) is 6.54 Å². The Labute approximate surface area is 83.5 Å². The first-order chi connectivity index (χ1) is 6.56. The Bertz CT molecular complexity index is 325. The lowest BCUT2D eigenvalue weighted by Crippen LogP contribution is -2.32. The van der Waals surface area contributed by atoms with Gasteiger partial charge in [-0.2, -0.15) is 0 Å². The van der Waals surface area contributed by atoms with Gasteiger partial charge in [0, 0.05) is 12.6 Å². The van der Waals surface area contributed by atoms with Gasteiger partial charge in [0.15, 0.2) is 0 Å². The molecule has 1 rings (SSSR count). The summed E-state index contributed by atoms with van der Waals surface area (Å²) in [7, 11) is 0. The third-order valence-corrected chi connectivity index (χ3v) is 2.08. The predicted molar refractivity (Wildman–Crippen MR) is 57.4 cm³/mol. The van der Waals surface area contributed by atoms with Crippen LogP contribution >= 0.6 is 0 Å². The number of nitrogen functional groups attached to an aromatic ring is 1. The third-order valence-electron chi connectivity index (χ3n) is 2.08. The second kappa shape index (κ2) is 4.28. The van der Waals surface area contributed by atoms with E-state index < -0.39 is 0 Å². The zero-order valence-electron chi connectivity index (χ0n) is 8.55. The largest absolute Gasteiger partial charge is 0.397 e. The molecule has 0 amide bonds. The predicted octanol–water partition coefficient (Wildman–Crippen LogP) is 1.81. The quantitative estimate of drug-likeness (QED) is 0.441. The van der Waals surface area contributed by atoms with Crippen LogP contribution in [0, 0.1) is 12.7 Å². The van der Waals surface area contributed by atoms with Crippen LogP contribution in [-0.2, 0) is 0 Å². The van der Waals surface area contributed by atoms with Crippen molar-refractivity contribution in [1.82, 2.24) is 0 Å². The molecule has 3 nitrogen and oxygen atoms in total. The van der Waals surface area contributed by atoms with Crippen molar-refractivity contribution in [2.24, 2.45) is 5.84 Å². The van der Waals surface area contributed by atoms with E-state index >= 15 is 0 Å². The molecule has 1 aromatic carbocycles. The Morgan fingerprint density at radius 3 is 2.64 bits per heavy atom. The lowest BCUT2D eigenvalue weighted by atomic mass is 10.1. The Balaban J connectivity index is 3.02. The number of rotatable bonds is 3. The van der Waals surface area contributed by atoms with E-state index in [1.54, 1.807) is 13.0 Å². The van der Waals surface area contributed by atoms with Crippen LogP contribution < -0.4 is 16.6 Å². The number of hydrogen-bond acceptors (Lipinski definition) is 3. The number of hydrogen-bond donors (Lipinski definition) is 2. The van der Waals surface area contributed by atoms with Crippen molar-refractivity contribution in [3.8, 4) is 0 Å². The number of nitrogens with zero attached hydrogens (tertiary/aromatic N) is 1. The average Bonchev–Trinajstić information content (AvgIpc) is 2.11. The minimum Gasteiger partial charge on any atom is -0.397 e. The van der Waals surface area contributed by atoms with Crippen LogP contribution in [0.1, 0.15) is 18.9 Å². The van der Waals surface area contributed by atoms with Crippen LogP contribution in [0.3, 0.4) is 0 Å². The molecule has 0 aliphatic heterocycles. The minimum atomic E-state index is -0.277. The molecule has 0 aliphatic rings. The number of halogens is 1. The van der Waals surface area contributed by atoms with E-state index in [0.29, 0.717) is 23.5 Å². The fourth-order valence-corrected chi connectivity index (χ4v) is 1.30. The zero-order chi connectivity index (χ0) is 10.7. The summed E-state index contributed by atoms with van der Waals surface area (Å²) < 4.78 is 13.2. The van der Waals surface area contributed by atoms with Crippen LogP contribution in [0.4, 0.5) is 15.8 Å². The van der Waals surface area contributed by atoms with Crippen molar-refractivity contribution in [3.63, 3.8) is 0 Å². The van der Waals surface area contributed by atoms with E-state index in [1.165, 1.54) is 11.1 Å². The van der Waals surface area contributed by atoms with E-state index in [1.807, 2.05) is 6.92 Å². The summed E-state index contributed by atoms with van der Waals surface area (Å²) >= 11 is 0. The summed E-state index contributed by atoms with van der Waals surface area (Å²) in [5.74, 6) is 5.43. The van der Waals surface area contributed by atoms with Crippen molar-refractivity contribution in [2.75, 3.05) is 17.3 Å². The Kier molecular flexibility index (Phi) is 3.30. The van der Waals surface area contributed by atoms with E-state index in [0.717, 1.165) is 6.42 Å². The van der Waals surface area contributed by atoms with E-state index in [-0.39, 0.29) is 5.82 Å². The summed E-state index contributed by atoms with van der Waals surface area (Å²) in [5, 5.41) is 1.47. The van der Waals surface area contributed by atoms with Gasteiger partial charge in [-0.1, -0.05) is 6.92 Å². The summed E-state index contributed by atoms with van der Waals surface area (Å²) in [5.41, 5.74) is 7.34. The molecule has 0 aliphatic carbocycles. The van der Waals surface area contributed by atoms with Crippen LogP contribution in [0.2, 0.25) is 0 Å². The van der Waals surface area contributed by atoms with Gasteiger partial charge < -0.3 is 10.7 Å². The Morgan fingerprint density at radius 1 is 1.43 bits per heavy atom.